The standard InChI is InChI=1S/C23H22Cl2N2O4S/c1-15-4-8-18(9-5-15)27(14-23(28)26-17-7-10-19(24)20(25)13-17)32(29,30)22-12-16(2)6-11-21(22)31-3/h4-13H,14H2,1-3H3,(H,26,28). The molecule has 0 heterocycles. The minimum absolute atomic E-state index is 0.0251. The molecule has 0 spiro atoms. The van der Waals surface area contributed by atoms with Gasteiger partial charge in [-0.15, -0.1) is 0 Å². The average molecular weight is 493 g/mol. The topological polar surface area (TPSA) is 75.7 Å². The van der Waals surface area contributed by atoms with Crippen LogP contribution in [0.4, 0.5) is 11.4 Å². The predicted molar refractivity (Wildman–Crippen MR) is 129 cm³/mol. The van der Waals surface area contributed by atoms with Crippen molar-refractivity contribution in [2.75, 3.05) is 23.3 Å². The number of hydrogen-bond acceptors (Lipinski definition) is 4. The fourth-order valence-corrected chi connectivity index (χ4v) is 5.00. The van der Waals surface area contributed by atoms with Crippen molar-refractivity contribution >= 4 is 50.5 Å². The van der Waals surface area contributed by atoms with Gasteiger partial charge in [0, 0.05) is 5.69 Å². The lowest BCUT2D eigenvalue weighted by Crippen LogP contribution is -2.38. The van der Waals surface area contributed by atoms with Gasteiger partial charge in [0.2, 0.25) is 5.91 Å². The number of nitrogens with one attached hydrogen (secondary N) is 1. The molecule has 3 aromatic rings. The molecule has 0 bridgehead atoms. The van der Waals surface area contributed by atoms with Crippen molar-refractivity contribution in [2.45, 2.75) is 18.7 Å². The summed E-state index contributed by atoms with van der Waals surface area (Å²) in [6.45, 7) is 3.22. The number of methoxy groups -OCH3 is 1. The van der Waals surface area contributed by atoms with E-state index in [0.717, 1.165) is 15.4 Å². The molecule has 32 heavy (non-hydrogen) atoms. The van der Waals surface area contributed by atoms with E-state index in [-0.39, 0.29) is 15.7 Å². The van der Waals surface area contributed by atoms with Crippen LogP contribution in [0.25, 0.3) is 0 Å². The van der Waals surface area contributed by atoms with Crippen LogP contribution in [0.3, 0.4) is 0 Å². The third-order valence-electron chi connectivity index (χ3n) is 4.70. The number of rotatable bonds is 7. The maximum Gasteiger partial charge on any atom is 0.268 e. The minimum Gasteiger partial charge on any atom is -0.495 e. The molecule has 0 unspecified atom stereocenters. The maximum atomic E-state index is 13.7. The number of sulfonamides is 1. The van der Waals surface area contributed by atoms with Crippen LogP contribution in [0.15, 0.2) is 65.6 Å². The lowest BCUT2D eigenvalue weighted by atomic mass is 10.2. The van der Waals surface area contributed by atoms with E-state index < -0.39 is 22.5 Å². The van der Waals surface area contributed by atoms with E-state index in [1.165, 1.54) is 19.2 Å². The van der Waals surface area contributed by atoms with E-state index in [1.807, 2.05) is 6.92 Å². The molecule has 0 fully saturated rings. The molecular formula is C23H22Cl2N2O4S. The summed E-state index contributed by atoms with van der Waals surface area (Å²) in [7, 11) is -2.73. The third kappa shape index (κ3) is 5.35. The van der Waals surface area contributed by atoms with Crippen LogP contribution >= 0.6 is 23.2 Å². The van der Waals surface area contributed by atoms with Gasteiger partial charge in [-0.1, -0.05) is 47.0 Å². The zero-order valence-electron chi connectivity index (χ0n) is 17.7. The Morgan fingerprint density at radius 2 is 1.59 bits per heavy atom. The van der Waals surface area contributed by atoms with Gasteiger partial charge in [-0.2, -0.15) is 0 Å². The second-order valence-corrected chi connectivity index (χ2v) is 9.82. The number of halogens is 2. The highest BCUT2D eigenvalue weighted by Crippen LogP contribution is 2.31. The quantitative estimate of drug-likeness (QED) is 0.475. The lowest BCUT2D eigenvalue weighted by molar-refractivity contribution is -0.114. The number of ether oxygens (including phenoxy) is 1. The van der Waals surface area contributed by atoms with Crippen LogP contribution in [0.5, 0.6) is 5.75 Å². The fraction of sp³-hybridized carbons (Fsp3) is 0.174. The lowest BCUT2D eigenvalue weighted by Gasteiger charge is -2.25. The Bertz CT molecular complexity index is 1250. The first-order chi connectivity index (χ1) is 15.1. The van der Waals surface area contributed by atoms with Gasteiger partial charge in [0.05, 0.1) is 22.8 Å². The Morgan fingerprint density at radius 3 is 2.22 bits per heavy atom. The summed E-state index contributed by atoms with van der Waals surface area (Å²) in [5.41, 5.74) is 2.45. The van der Waals surface area contributed by atoms with Gasteiger partial charge in [-0.05, 0) is 61.9 Å². The van der Waals surface area contributed by atoms with Gasteiger partial charge in [0.1, 0.15) is 17.2 Å². The van der Waals surface area contributed by atoms with E-state index in [9.17, 15) is 13.2 Å². The molecule has 168 valence electrons. The van der Waals surface area contributed by atoms with Crippen LogP contribution in [0.2, 0.25) is 10.0 Å². The molecule has 0 saturated carbocycles. The molecule has 0 atom stereocenters. The number of carbonyl (C=O) groups excluding carboxylic acids is 1. The molecule has 1 amide bonds. The molecule has 0 aliphatic heterocycles. The van der Waals surface area contributed by atoms with Crippen LogP contribution < -0.4 is 14.4 Å². The van der Waals surface area contributed by atoms with E-state index >= 15 is 0 Å². The predicted octanol–water partition coefficient (Wildman–Crippen LogP) is 5.45. The number of hydrogen-bond donors (Lipinski definition) is 1. The zero-order valence-corrected chi connectivity index (χ0v) is 20.1. The SMILES string of the molecule is COc1ccc(C)cc1S(=O)(=O)N(CC(=O)Nc1ccc(Cl)c(Cl)c1)c1ccc(C)cc1. The Hall–Kier alpha value is -2.74. The van der Waals surface area contributed by atoms with Gasteiger partial charge < -0.3 is 10.1 Å². The Kier molecular flexibility index (Phi) is 7.33. The highest BCUT2D eigenvalue weighted by atomic mass is 35.5. The minimum atomic E-state index is -4.13. The van der Waals surface area contributed by atoms with Gasteiger partial charge in [0.25, 0.3) is 10.0 Å². The summed E-state index contributed by atoms with van der Waals surface area (Å²) in [6.07, 6.45) is 0. The summed E-state index contributed by atoms with van der Waals surface area (Å²) in [6, 6.07) is 16.4. The van der Waals surface area contributed by atoms with Crippen LogP contribution in [-0.4, -0.2) is 28.0 Å². The first-order valence-electron chi connectivity index (χ1n) is 9.61. The molecule has 6 nitrogen and oxygen atoms in total. The summed E-state index contributed by atoms with van der Waals surface area (Å²) < 4.78 is 33.7. The Morgan fingerprint density at radius 1 is 0.938 bits per heavy atom. The molecule has 3 rings (SSSR count). The van der Waals surface area contributed by atoms with Crippen molar-refractivity contribution in [2.24, 2.45) is 0 Å². The number of aryl methyl sites for hydroxylation is 2. The molecule has 0 aliphatic rings. The summed E-state index contributed by atoms with van der Waals surface area (Å²) in [5, 5.41) is 3.29. The van der Waals surface area contributed by atoms with E-state index in [2.05, 4.69) is 5.32 Å². The third-order valence-corrected chi connectivity index (χ3v) is 7.23. The summed E-state index contributed by atoms with van der Waals surface area (Å²) in [4.78, 5) is 12.8. The van der Waals surface area contributed by atoms with Crippen molar-refractivity contribution in [3.63, 3.8) is 0 Å². The van der Waals surface area contributed by atoms with Gasteiger partial charge in [-0.3, -0.25) is 9.10 Å². The monoisotopic (exact) mass is 492 g/mol. The molecule has 0 radical (unpaired) electrons. The largest absolute Gasteiger partial charge is 0.495 e. The van der Waals surface area contributed by atoms with Crippen molar-refractivity contribution in [3.8, 4) is 5.75 Å². The highest BCUT2D eigenvalue weighted by Gasteiger charge is 2.30. The molecule has 9 heteroatoms. The molecule has 3 aromatic carbocycles. The Balaban J connectivity index is 2.00. The Labute approximate surface area is 197 Å². The zero-order chi connectivity index (χ0) is 23.5. The van der Waals surface area contributed by atoms with E-state index in [1.54, 1.807) is 55.5 Å². The summed E-state index contributed by atoms with van der Waals surface area (Å²) in [5.74, 6) is -0.350. The van der Waals surface area contributed by atoms with Crippen molar-refractivity contribution in [3.05, 3.63) is 81.8 Å². The smallest absolute Gasteiger partial charge is 0.268 e. The second kappa shape index (κ2) is 9.81. The molecule has 0 aromatic heterocycles. The average Bonchev–Trinajstić information content (AvgIpc) is 2.75. The van der Waals surface area contributed by atoms with Crippen molar-refractivity contribution in [1.82, 2.24) is 0 Å². The van der Waals surface area contributed by atoms with Crippen LogP contribution in [0, 0.1) is 13.8 Å². The van der Waals surface area contributed by atoms with Gasteiger partial charge in [0.15, 0.2) is 0 Å². The molecule has 1 N–H and O–H groups in total. The van der Waals surface area contributed by atoms with Crippen LogP contribution in [0.1, 0.15) is 11.1 Å². The number of amides is 1. The molecule has 0 aliphatic carbocycles. The molecular weight excluding hydrogens is 471 g/mol. The first kappa shape index (κ1) is 23.9. The summed E-state index contributed by atoms with van der Waals surface area (Å²) >= 11 is 11.9. The first-order valence-corrected chi connectivity index (χ1v) is 11.8. The number of benzene rings is 3. The van der Waals surface area contributed by atoms with Crippen molar-refractivity contribution < 1.29 is 17.9 Å². The fourth-order valence-electron chi connectivity index (χ4n) is 3.04. The van der Waals surface area contributed by atoms with E-state index in [0.29, 0.717) is 16.4 Å². The van der Waals surface area contributed by atoms with Crippen LogP contribution in [-0.2, 0) is 14.8 Å². The van der Waals surface area contributed by atoms with Gasteiger partial charge in [-0.25, -0.2) is 8.42 Å². The maximum absolute atomic E-state index is 13.7. The molecule has 0 saturated heterocycles. The normalized spacial score (nSPS) is 11.2. The number of carbonyl (C=O) groups is 1. The number of nitrogens with zero attached hydrogens (tertiary/aromatic N) is 1. The van der Waals surface area contributed by atoms with Crippen molar-refractivity contribution in [1.29, 1.82) is 0 Å². The second-order valence-electron chi connectivity index (χ2n) is 7.18. The highest BCUT2D eigenvalue weighted by molar-refractivity contribution is 7.93. The number of anilines is 2. The van der Waals surface area contributed by atoms with E-state index in [4.69, 9.17) is 27.9 Å². The van der Waals surface area contributed by atoms with Gasteiger partial charge >= 0.3 is 0 Å².